The Balaban J connectivity index is 1.37. The van der Waals surface area contributed by atoms with Crippen LogP contribution >= 0.6 is 0 Å². The lowest BCUT2D eigenvalue weighted by Crippen LogP contribution is -2.50. The molecule has 2 amide bonds. The lowest BCUT2D eigenvalue weighted by atomic mass is 10.3. The molecule has 2 N–H and O–H groups in total. The Bertz CT molecular complexity index is 1010. The van der Waals surface area contributed by atoms with E-state index in [2.05, 4.69) is 30.5 Å². The number of urea groups is 1. The summed E-state index contributed by atoms with van der Waals surface area (Å²) in [5, 5.41) is 5.99. The Kier molecular flexibility index (Phi) is 5.69. The predicted molar refractivity (Wildman–Crippen MR) is 113 cm³/mol. The molecule has 9 heteroatoms. The Morgan fingerprint density at radius 2 is 1.77 bits per heavy atom. The maximum atomic E-state index is 13.0. The molecule has 0 saturated carbocycles. The molecule has 4 rings (SSSR count). The van der Waals surface area contributed by atoms with Crippen LogP contribution in [0.5, 0.6) is 0 Å². The molecule has 30 heavy (non-hydrogen) atoms. The van der Waals surface area contributed by atoms with Gasteiger partial charge in [-0.05, 0) is 43.3 Å². The number of aryl methyl sites for hydroxylation is 1. The number of pyridine rings is 1. The quantitative estimate of drug-likeness (QED) is 0.689. The van der Waals surface area contributed by atoms with E-state index in [0.29, 0.717) is 49.3 Å². The first-order valence-electron chi connectivity index (χ1n) is 9.67. The fraction of sp³-hybridized carbons (Fsp3) is 0.238. The fourth-order valence-electron chi connectivity index (χ4n) is 3.22. The summed E-state index contributed by atoms with van der Waals surface area (Å²) in [5.74, 6) is 2.51. The van der Waals surface area contributed by atoms with Gasteiger partial charge in [0.2, 0.25) is 0 Å². The van der Waals surface area contributed by atoms with Gasteiger partial charge in [-0.1, -0.05) is 6.07 Å². The van der Waals surface area contributed by atoms with E-state index in [4.69, 9.17) is 0 Å². The lowest BCUT2D eigenvalue weighted by molar-refractivity contribution is 0.208. The molecule has 2 aromatic heterocycles. The van der Waals surface area contributed by atoms with Gasteiger partial charge in [0.1, 0.15) is 29.1 Å². The van der Waals surface area contributed by atoms with Crippen LogP contribution in [0.4, 0.5) is 32.3 Å². The van der Waals surface area contributed by atoms with Crippen molar-refractivity contribution in [3.8, 4) is 0 Å². The normalized spacial score (nSPS) is 13.8. The summed E-state index contributed by atoms with van der Waals surface area (Å²) in [6.07, 6.45) is 1.72. The van der Waals surface area contributed by atoms with E-state index in [1.807, 2.05) is 31.2 Å². The second-order valence-electron chi connectivity index (χ2n) is 6.91. The van der Waals surface area contributed by atoms with E-state index in [1.54, 1.807) is 23.2 Å². The molecule has 154 valence electrons. The smallest absolute Gasteiger partial charge is 0.321 e. The van der Waals surface area contributed by atoms with Gasteiger partial charge < -0.3 is 20.4 Å². The van der Waals surface area contributed by atoms with Crippen molar-refractivity contribution < 1.29 is 9.18 Å². The largest absolute Gasteiger partial charge is 0.353 e. The highest BCUT2D eigenvalue weighted by Crippen LogP contribution is 2.20. The fourth-order valence-corrected chi connectivity index (χ4v) is 3.22. The summed E-state index contributed by atoms with van der Waals surface area (Å²) in [5.41, 5.74) is 0.570. The van der Waals surface area contributed by atoms with Gasteiger partial charge in [0.15, 0.2) is 0 Å². The Morgan fingerprint density at radius 1 is 1.00 bits per heavy atom. The number of piperazine rings is 1. The van der Waals surface area contributed by atoms with E-state index in [0.717, 1.165) is 5.82 Å². The van der Waals surface area contributed by atoms with Crippen LogP contribution in [0.2, 0.25) is 0 Å². The molecular weight excluding hydrogens is 385 g/mol. The monoisotopic (exact) mass is 407 g/mol. The van der Waals surface area contributed by atoms with Crippen molar-refractivity contribution in [2.45, 2.75) is 6.92 Å². The molecule has 1 fully saturated rings. The zero-order valence-electron chi connectivity index (χ0n) is 16.5. The van der Waals surface area contributed by atoms with Crippen molar-refractivity contribution in [3.05, 3.63) is 66.4 Å². The van der Waals surface area contributed by atoms with Gasteiger partial charge in [-0.2, -0.15) is 0 Å². The summed E-state index contributed by atoms with van der Waals surface area (Å²) in [4.78, 5) is 29.6. The SMILES string of the molecule is Cc1nc(Nc2ccccn2)cc(N2CCN(C(=O)Nc3ccc(F)cc3)CC2)n1. The molecule has 0 atom stereocenters. The maximum absolute atomic E-state index is 13.0. The summed E-state index contributed by atoms with van der Waals surface area (Å²) in [7, 11) is 0. The van der Waals surface area contributed by atoms with Crippen LogP contribution < -0.4 is 15.5 Å². The van der Waals surface area contributed by atoms with Gasteiger partial charge in [-0.25, -0.2) is 24.1 Å². The molecule has 0 aliphatic carbocycles. The Hall–Kier alpha value is -3.75. The molecule has 0 unspecified atom stereocenters. The zero-order chi connectivity index (χ0) is 20.9. The van der Waals surface area contributed by atoms with Gasteiger partial charge in [-0.15, -0.1) is 0 Å². The highest BCUT2D eigenvalue weighted by atomic mass is 19.1. The highest BCUT2D eigenvalue weighted by molar-refractivity contribution is 5.89. The van der Waals surface area contributed by atoms with Gasteiger partial charge in [0.25, 0.3) is 0 Å². The lowest BCUT2D eigenvalue weighted by Gasteiger charge is -2.35. The second-order valence-corrected chi connectivity index (χ2v) is 6.91. The van der Waals surface area contributed by atoms with Gasteiger partial charge >= 0.3 is 6.03 Å². The van der Waals surface area contributed by atoms with Crippen molar-refractivity contribution in [2.75, 3.05) is 41.7 Å². The van der Waals surface area contributed by atoms with Crippen LogP contribution in [0.25, 0.3) is 0 Å². The summed E-state index contributed by atoms with van der Waals surface area (Å²) in [6, 6.07) is 13.0. The molecule has 1 aliphatic rings. The Morgan fingerprint density at radius 3 is 2.47 bits per heavy atom. The average molecular weight is 407 g/mol. The van der Waals surface area contributed by atoms with Crippen LogP contribution in [0.3, 0.4) is 0 Å². The number of amides is 2. The van der Waals surface area contributed by atoms with Crippen molar-refractivity contribution in [1.29, 1.82) is 0 Å². The third-order valence-electron chi connectivity index (χ3n) is 4.73. The summed E-state index contributed by atoms with van der Waals surface area (Å²) in [6.45, 7) is 4.25. The number of hydrogen-bond acceptors (Lipinski definition) is 6. The van der Waals surface area contributed by atoms with Crippen LogP contribution in [0.15, 0.2) is 54.7 Å². The standard InChI is InChI=1S/C21H22FN7O/c1-15-24-19(27-18-4-2-3-9-23-18)14-20(25-15)28-10-12-29(13-11-28)21(30)26-17-7-5-16(22)6-8-17/h2-9,14H,10-13H2,1H3,(H,26,30)(H,23,24,25,27). The molecule has 0 spiro atoms. The van der Waals surface area contributed by atoms with Gasteiger partial charge in [0.05, 0.1) is 0 Å². The highest BCUT2D eigenvalue weighted by Gasteiger charge is 2.22. The van der Waals surface area contributed by atoms with Crippen LogP contribution in [-0.2, 0) is 0 Å². The van der Waals surface area contributed by atoms with Crippen molar-refractivity contribution in [3.63, 3.8) is 0 Å². The predicted octanol–water partition coefficient (Wildman–Crippen LogP) is 3.42. The number of nitrogens with one attached hydrogen (secondary N) is 2. The zero-order valence-corrected chi connectivity index (χ0v) is 16.5. The first-order chi connectivity index (χ1) is 14.6. The number of carbonyl (C=O) groups excluding carboxylic acids is 1. The number of hydrogen-bond donors (Lipinski definition) is 2. The molecular formula is C21H22FN7O. The molecule has 1 saturated heterocycles. The first kappa shape index (κ1) is 19.6. The molecule has 3 heterocycles. The van der Waals surface area contributed by atoms with Crippen LogP contribution in [-0.4, -0.2) is 52.1 Å². The number of carbonyl (C=O) groups is 1. The molecule has 1 aromatic carbocycles. The van der Waals surface area contributed by atoms with Crippen molar-refractivity contribution in [1.82, 2.24) is 19.9 Å². The van der Waals surface area contributed by atoms with E-state index in [9.17, 15) is 9.18 Å². The van der Waals surface area contributed by atoms with E-state index < -0.39 is 0 Å². The van der Waals surface area contributed by atoms with Crippen molar-refractivity contribution in [2.24, 2.45) is 0 Å². The minimum atomic E-state index is -0.335. The van der Waals surface area contributed by atoms with Gasteiger partial charge in [0, 0.05) is 44.1 Å². The number of nitrogens with zero attached hydrogens (tertiary/aromatic N) is 5. The first-order valence-corrected chi connectivity index (χ1v) is 9.67. The third-order valence-corrected chi connectivity index (χ3v) is 4.73. The summed E-state index contributed by atoms with van der Waals surface area (Å²) >= 11 is 0. The molecule has 0 radical (unpaired) electrons. The topological polar surface area (TPSA) is 86.3 Å². The number of halogens is 1. The van der Waals surface area contributed by atoms with E-state index in [-0.39, 0.29) is 11.8 Å². The second kappa shape index (κ2) is 8.73. The number of benzene rings is 1. The van der Waals surface area contributed by atoms with Crippen molar-refractivity contribution >= 4 is 29.2 Å². The van der Waals surface area contributed by atoms with E-state index >= 15 is 0 Å². The van der Waals surface area contributed by atoms with Crippen LogP contribution in [0, 0.1) is 12.7 Å². The number of aromatic nitrogens is 3. The molecule has 1 aliphatic heterocycles. The van der Waals surface area contributed by atoms with E-state index in [1.165, 1.54) is 12.1 Å². The third kappa shape index (κ3) is 4.80. The molecule has 8 nitrogen and oxygen atoms in total. The molecule has 0 bridgehead atoms. The minimum absolute atomic E-state index is 0.197. The van der Waals surface area contributed by atoms with Gasteiger partial charge in [-0.3, -0.25) is 0 Å². The summed E-state index contributed by atoms with van der Waals surface area (Å²) < 4.78 is 13.0. The average Bonchev–Trinajstić information content (AvgIpc) is 2.76. The van der Waals surface area contributed by atoms with Crippen LogP contribution in [0.1, 0.15) is 5.82 Å². The number of rotatable bonds is 4. The number of anilines is 4. The maximum Gasteiger partial charge on any atom is 0.321 e. The molecule has 3 aromatic rings. The minimum Gasteiger partial charge on any atom is -0.353 e. The Labute approximate surface area is 173 Å².